The van der Waals surface area contributed by atoms with Gasteiger partial charge >= 0.3 is 0 Å². The Morgan fingerprint density at radius 3 is 2.44 bits per heavy atom. The van der Waals surface area contributed by atoms with Gasteiger partial charge in [-0.2, -0.15) is 4.98 Å². The third-order valence-electron chi connectivity index (χ3n) is 4.78. The lowest BCUT2D eigenvalue weighted by Crippen LogP contribution is -2.34. The van der Waals surface area contributed by atoms with Crippen molar-refractivity contribution in [3.8, 4) is 28.7 Å². The molecule has 34 heavy (non-hydrogen) atoms. The summed E-state index contributed by atoms with van der Waals surface area (Å²) < 4.78 is 21.6. The predicted molar refractivity (Wildman–Crippen MR) is 132 cm³/mol. The maximum Gasteiger partial charge on any atom is 0.257 e. The first-order chi connectivity index (χ1) is 16.4. The van der Waals surface area contributed by atoms with Gasteiger partial charge in [-0.05, 0) is 54.7 Å². The van der Waals surface area contributed by atoms with E-state index in [1.54, 1.807) is 36.5 Å². The molecule has 0 saturated heterocycles. The molecule has 4 aromatic rings. The van der Waals surface area contributed by atoms with E-state index in [-0.39, 0.29) is 10.7 Å². The molecule has 2 aromatic heterocycles. The highest BCUT2D eigenvalue weighted by molar-refractivity contribution is 7.80. The molecule has 0 aliphatic heterocycles. The zero-order valence-corrected chi connectivity index (χ0v) is 19.9. The molecular weight excluding hydrogens is 480 g/mol. The zero-order chi connectivity index (χ0) is 24.2. The van der Waals surface area contributed by atoms with Crippen molar-refractivity contribution < 1.29 is 23.4 Å². The van der Waals surface area contributed by atoms with E-state index in [0.717, 1.165) is 0 Å². The van der Waals surface area contributed by atoms with Gasteiger partial charge in [0.05, 0.1) is 32.0 Å². The molecule has 0 unspecified atom stereocenters. The Bertz CT molecular complexity index is 1330. The lowest BCUT2D eigenvalue weighted by molar-refractivity contribution is 0.0977. The number of carbonyl (C=O) groups excluding carboxylic acids is 1. The molecule has 2 N–H and O–H groups in total. The molecule has 0 aliphatic rings. The van der Waals surface area contributed by atoms with Gasteiger partial charge in [-0.3, -0.25) is 10.1 Å². The molecule has 1 amide bonds. The van der Waals surface area contributed by atoms with Crippen molar-refractivity contribution in [3.05, 3.63) is 59.2 Å². The third-order valence-corrected chi connectivity index (χ3v) is 5.31. The van der Waals surface area contributed by atoms with E-state index in [4.69, 9.17) is 42.4 Å². The molecule has 0 spiro atoms. The molecular formula is C23H19ClN4O5S. The van der Waals surface area contributed by atoms with Crippen molar-refractivity contribution in [2.45, 2.75) is 0 Å². The Hall–Kier alpha value is -3.89. The van der Waals surface area contributed by atoms with Crippen molar-refractivity contribution in [1.82, 2.24) is 15.3 Å². The van der Waals surface area contributed by atoms with Gasteiger partial charge in [0.2, 0.25) is 11.6 Å². The second-order valence-electron chi connectivity index (χ2n) is 6.86. The number of carbonyl (C=O) groups is 1. The van der Waals surface area contributed by atoms with Crippen LogP contribution in [0.2, 0.25) is 5.02 Å². The van der Waals surface area contributed by atoms with E-state index in [0.29, 0.717) is 50.6 Å². The topological polar surface area (TPSA) is 108 Å². The van der Waals surface area contributed by atoms with Gasteiger partial charge in [-0.25, -0.2) is 4.98 Å². The van der Waals surface area contributed by atoms with Gasteiger partial charge in [0.15, 0.2) is 27.8 Å². The average molecular weight is 499 g/mol. The number of halogens is 1. The zero-order valence-electron chi connectivity index (χ0n) is 18.3. The number of pyridine rings is 1. The summed E-state index contributed by atoms with van der Waals surface area (Å²) in [4.78, 5) is 21.4. The van der Waals surface area contributed by atoms with Crippen LogP contribution in [0.25, 0.3) is 22.7 Å². The number of amides is 1. The van der Waals surface area contributed by atoms with Gasteiger partial charge < -0.3 is 23.9 Å². The normalized spacial score (nSPS) is 10.6. The largest absolute Gasteiger partial charge is 0.493 e. The molecule has 0 fully saturated rings. The summed E-state index contributed by atoms with van der Waals surface area (Å²) in [7, 11) is 4.41. The lowest BCUT2D eigenvalue weighted by Gasteiger charge is -2.15. The maximum absolute atomic E-state index is 12.8. The summed E-state index contributed by atoms with van der Waals surface area (Å²) in [6.45, 7) is 0. The van der Waals surface area contributed by atoms with Crippen LogP contribution < -0.4 is 24.8 Å². The fourth-order valence-electron chi connectivity index (χ4n) is 3.19. The summed E-state index contributed by atoms with van der Waals surface area (Å²) in [6, 6.07) is 11.7. The number of methoxy groups -OCH3 is 3. The van der Waals surface area contributed by atoms with Gasteiger partial charge in [0.25, 0.3) is 5.91 Å². The molecule has 0 radical (unpaired) electrons. The Labute approximate surface area is 205 Å². The van der Waals surface area contributed by atoms with Gasteiger partial charge in [0.1, 0.15) is 0 Å². The van der Waals surface area contributed by atoms with E-state index in [1.165, 1.54) is 33.5 Å². The van der Waals surface area contributed by atoms with Crippen LogP contribution in [0.5, 0.6) is 17.2 Å². The number of hydrogen-bond acceptors (Lipinski definition) is 8. The Morgan fingerprint density at radius 2 is 1.79 bits per heavy atom. The number of ether oxygens (including phenoxy) is 3. The van der Waals surface area contributed by atoms with Crippen LogP contribution in [0.4, 0.5) is 5.69 Å². The third kappa shape index (κ3) is 4.73. The molecule has 11 heteroatoms. The second-order valence-corrected chi connectivity index (χ2v) is 7.68. The molecule has 0 atom stereocenters. The number of anilines is 1. The van der Waals surface area contributed by atoms with Crippen LogP contribution in [-0.2, 0) is 0 Å². The smallest absolute Gasteiger partial charge is 0.257 e. The number of fused-ring (bicyclic) bond motifs is 1. The monoisotopic (exact) mass is 498 g/mol. The molecule has 0 saturated carbocycles. The fourth-order valence-corrected chi connectivity index (χ4v) is 3.56. The molecule has 4 rings (SSSR count). The molecule has 0 bridgehead atoms. The Balaban J connectivity index is 1.53. The van der Waals surface area contributed by atoms with Gasteiger partial charge in [0, 0.05) is 17.3 Å². The minimum atomic E-state index is -0.478. The van der Waals surface area contributed by atoms with Crippen LogP contribution in [0, 0.1) is 0 Å². The highest BCUT2D eigenvalue weighted by Gasteiger charge is 2.18. The maximum atomic E-state index is 12.8. The standard InChI is InChI=1S/C23H19ClN4O5S/c1-30-17-10-13(11-18(31-2)19(17)32-3)21(29)28-23(34)26-15-9-12(6-7-14(15)24)22-27-20-16(33-22)5-4-8-25-20/h4-11H,1-3H3,(H2,26,28,29,34). The van der Waals surface area contributed by atoms with Crippen LogP contribution >= 0.6 is 23.8 Å². The van der Waals surface area contributed by atoms with Crippen LogP contribution in [0.1, 0.15) is 10.4 Å². The number of thiocarbonyl (C=S) groups is 1. The van der Waals surface area contributed by atoms with Crippen molar-refractivity contribution in [3.63, 3.8) is 0 Å². The van der Waals surface area contributed by atoms with E-state index >= 15 is 0 Å². The fraction of sp³-hybridized carbons (Fsp3) is 0.130. The van der Waals surface area contributed by atoms with Crippen molar-refractivity contribution in [2.24, 2.45) is 0 Å². The van der Waals surface area contributed by atoms with Crippen molar-refractivity contribution >= 4 is 51.8 Å². The number of oxazole rings is 1. The number of hydrogen-bond donors (Lipinski definition) is 2. The highest BCUT2D eigenvalue weighted by Crippen LogP contribution is 2.38. The van der Waals surface area contributed by atoms with Gasteiger partial charge in [-0.1, -0.05) is 11.6 Å². The first-order valence-corrected chi connectivity index (χ1v) is 10.7. The molecule has 0 aliphatic carbocycles. The van der Waals surface area contributed by atoms with Crippen molar-refractivity contribution in [2.75, 3.05) is 26.6 Å². The predicted octanol–water partition coefficient (Wildman–Crippen LogP) is 4.70. The minimum Gasteiger partial charge on any atom is -0.493 e. The van der Waals surface area contributed by atoms with Gasteiger partial charge in [-0.15, -0.1) is 0 Å². The van der Waals surface area contributed by atoms with E-state index in [9.17, 15) is 4.79 Å². The molecule has 9 nitrogen and oxygen atoms in total. The molecule has 174 valence electrons. The molecule has 2 heterocycles. The van der Waals surface area contributed by atoms with Crippen LogP contribution in [0.3, 0.4) is 0 Å². The summed E-state index contributed by atoms with van der Waals surface area (Å²) in [5.41, 5.74) is 2.44. The summed E-state index contributed by atoms with van der Waals surface area (Å²) in [6.07, 6.45) is 1.64. The van der Waals surface area contributed by atoms with Crippen LogP contribution in [-0.4, -0.2) is 42.3 Å². The number of aromatic nitrogens is 2. The number of benzene rings is 2. The number of rotatable bonds is 6. The SMILES string of the molecule is COc1cc(C(=O)NC(=S)Nc2cc(-c3nc4ncccc4o3)ccc2Cl)cc(OC)c1OC. The average Bonchev–Trinajstić information content (AvgIpc) is 3.28. The quantitative estimate of drug-likeness (QED) is 0.366. The highest BCUT2D eigenvalue weighted by atomic mass is 35.5. The number of nitrogens with one attached hydrogen (secondary N) is 2. The lowest BCUT2D eigenvalue weighted by atomic mass is 10.1. The summed E-state index contributed by atoms with van der Waals surface area (Å²) in [5, 5.41) is 5.97. The van der Waals surface area contributed by atoms with E-state index < -0.39 is 5.91 Å². The van der Waals surface area contributed by atoms with E-state index in [2.05, 4.69) is 20.6 Å². The number of nitrogens with zero attached hydrogens (tertiary/aromatic N) is 2. The van der Waals surface area contributed by atoms with Crippen LogP contribution in [0.15, 0.2) is 53.1 Å². The minimum absolute atomic E-state index is 0.0389. The first-order valence-electron chi connectivity index (χ1n) is 9.87. The Morgan fingerprint density at radius 1 is 1.06 bits per heavy atom. The Kier molecular flexibility index (Phi) is 6.80. The first kappa shape index (κ1) is 23.3. The second kappa shape index (κ2) is 9.94. The molecule has 2 aromatic carbocycles. The summed E-state index contributed by atoms with van der Waals surface area (Å²) >= 11 is 11.6. The van der Waals surface area contributed by atoms with E-state index in [1.807, 2.05) is 0 Å². The van der Waals surface area contributed by atoms with Crippen molar-refractivity contribution in [1.29, 1.82) is 0 Å². The summed E-state index contributed by atoms with van der Waals surface area (Å²) in [5.74, 6) is 0.957.